The van der Waals surface area contributed by atoms with Gasteiger partial charge in [-0.25, -0.2) is 4.98 Å². The van der Waals surface area contributed by atoms with Crippen molar-refractivity contribution in [3.63, 3.8) is 0 Å². The fourth-order valence-electron chi connectivity index (χ4n) is 2.89. The molecule has 0 aliphatic heterocycles. The van der Waals surface area contributed by atoms with E-state index < -0.39 is 0 Å². The molecule has 1 amide bonds. The van der Waals surface area contributed by atoms with Crippen molar-refractivity contribution in [1.82, 2.24) is 9.38 Å². The molecule has 0 saturated heterocycles. The number of carbonyl (C=O) groups is 1. The highest BCUT2D eigenvalue weighted by Gasteiger charge is 2.08. The van der Waals surface area contributed by atoms with Gasteiger partial charge < -0.3 is 14.5 Å². The van der Waals surface area contributed by atoms with Gasteiger partial charge in [-0.15, -0.1) is 0 Å². The van der Waals surface area contributed by atoms with Crippen LogP contribution >= 0.6 is 0 Å². The van der Waals surface area contributed by atoms with E-state index in [1.165, 1.54) is 0 Å². The zero-order valence-corrected chi connectivity index (χ0v) is 14.9. The Labute approximate surface area is 157 Å². The Morgan fingerprint density at radius 2 is 1.93 bits per heavy atom. The van der Waals surface area contributed by atoms with Crippen LogP contribution in [0.5, 0.6) is 5.75 Å². The second-order valence-electron chi connectivity index (χ2n) is 6.28. The molecule has 5 nitrogen and oxygen atoms in total. The molecule has 0 radical (unpaired) electrons. The van der Waals surface area contributed by atoms with E-state index in [-0.39, 0.29) is 12.5 Å². The first-order valence-corrected chi connectivity index (χ1v) is 8.71. The van der Waals surface area contributed by atoms with E-state index in [1.54, 1.807) is 0 Å². The van der Waals surface area contributed by atoms with Crippen molar-refractivity contribution in [2.45, 2.75) is 6.92 Å². The Hall–Kier alpha value is -3.60. The van der Waals surface area contributed by atoms with Gasteiger partial charge in [0.05, 0.1) is 5.69 Å². The van der Waals surface area contributed by atoms with E-state index in [0.717, 1.165) is 22.5 Å². The number of aromatic nitrogens is 2. The van der Waals surface area contributed by atoms with Gasteiger partial charge in [-0.05, 0) is 42.8 Å². The van der Waals surface area contributed by atoms with Gasteiger partial charge in [0.25, 0.3) is 5.91 Å². The number of nitrogens with zero attached hydrogens (tertiary/aromatic N) is 2. The molecule has 0 bridgehead atoms. The number of hydrogen-bond donors (Lipinski definition) is 1. The summed E-state index contributed by atoms with van der Waals surface area (Å²) in [6.45, 7) is 1.91. The number of carbonyl (C=O) groups excluding carboxylic acids is 1. The van der Waals surface area contributed by atoms with Crippen molar-refractivity contribution >= 4 is 17.2 Å². The molecule has 1 N–H and O–H groups in total. The molecule has 0 aliphatic rings. The molecule has 0 unspecified atom stereocenters. The predicted octanol–water partition coefficient (Wildman–Crippen LogP) is 4.33. The Balaban J connectivity index is 1.46. The summed E-state index contributed by atoms with van der Waals surface area (Å²) in [7, 11) is 0. The summed E-state index contributed by atoms with van der Waals surface area (Å²) in [6.07, 6.45) is 3.93. The number of benzene rings is 2. The predicted molar refractivity (Wildman–Crippen MR) is 106 cm³/mol. The third-order valence-electron chi connectivity index (χ3n) is 4.26. The van der Waals surface area contributed by atoms with Gasteiger partial charge in [-0.2, -0.15) is 0 Å². The maximum Gasteiger partial charge on any atom is 0.262 e. The Morgan fingerprint density at radius 3 is 2.78 bits per heavy atom. The molecular formula is C22H19N3O2. The van der Waals surface area contributed by atoms with Crippen LogP contribution in [0.4, 0.5) is 5.69 Å². The lowest BCUT2D eigenvalue weighted by Gasteiger charge is -2.10. The molecule has 134 valence electrons. The van der Waals surface area contributed by atoms with E-state index in [4.69, 9.17) is 4.74 Å². The number of ether oxygens (including phenoxy) is 1. The van der Waals surface area contributed by atoms with Gasteiger partial charge in [-0.1, -0.05) is 36.4 Å². The molecule has 5 heteroatoms. The van der Waals surface area contributed by atoms with Crippen molar-refractivity contribution in [2.24, 2.45) is 0 Å². The number of hydrogen-bond acceptors (Lipinski definition) is 3. The van der Waals surface area contributed by atoms with Crippen LogP contribution in [0.2, 0.25) is 0 Å². The summed E-state index contributed by atoms with van der Waals surface area (Å²) in [4.78, 5) is 16.8. The molecule has 4 aromatic rings. The van der Waals surface area contributed by atoms with Crippen LogP contribution in [-0.2, 0) is 4.79 Å². The van der Waals surface area contributed by atoms with Crippen molar-refractivity contribution in [2.75, 3.05) is 11.9 Å². The lowest BCUT2D eigenvalue weighted by atomic mass is 10.1. The van der Waals surface area contributed by atoms with Crippen molar-refractivity contribution < 1.29 is 9.53 Å². The van der Waals surface area contributed by atoms with Crippen LogP contribution < -0.4 is 10.1 Å². The van der Waals surface area contributed by atoms with Gasteiger partial charge in [0, 0.05) is 23.6 Å². The number of imidazole rings is 1. The third-order valence-corrected chi connectivity index (χ3v) is 4.26. The smallest absolute Gasteiger partial charge is 0.262 e. The topological polar surface area (TPSA) is 55.6 Å². The van der Waals surface area contributed by atoms with Gasteiger partial charge in [0.2, 0.25) is 0 Å². The van der Waals surface area contributed by atoms with E-state index in [9.17, 15) is 4.79 Å². The van der Waals surface area contributed by atoms with Crippen molar-refractivity contribution in [1.29, 1.82) is 0 Å². The SMILES string of the molecule is Cc1ccccc1OCC(=O)Nc1cccc(-c2cn3ccccc3n2)c1. The van der Waals surface area contributed by atoms with Gasteiger partial charge in [0.1, 0.15) is 11.4 Å². The van der Waals surface area contributed by atoms with E-state index >= 15 is 0 Å². The van der Waals surface area contributed by atoms with Crippen LogP contribution in [0.15, 0.2) is 79.1 Å². The Bertz CT molecular complexity index is 1070. The second-order valence-corrected chi connectivity index (χ2v) is 6.28. The van der Waals surface area contributed by atoms with Gasteiger partial charge in [-0.3, -0.25) is 4.79 Å². The monoisotopic (exact) mass is 357 g/mol. The third kappa shape index (κ3) is 3.82. The van der Waals surface area contributed by atoms with E-state index in [0.29, 0.717) is 11.4 Å². The van der Waals surface area contributed by atoms with Crippen LogP contribution in [0.3, 0.4) is 0 Å². The Morgan fingerprint density at radius 1 is 1.07 bits per heavy atom. The van der Waals surface area contributed by atoms with E-state index in [2.05, 4.69) is 10.3 Å². The zero-order chi connectivity index (χ0) is 18.6. The van der Waals surface area contributed by atoms with Crippen molar-refractivity contribution in [3.05, 3.63) is 84.7 Å². The van der Waals surface area contributed by atoms with Gasteiger partial charge in [0.15, 0.2) is 6.61 Å². The van der Waals surface area contributed by atoms with Crippen LogP contribution in [0, 0.1) is 6.92 Å². The summed E-state index contributed by atoms with van der Waals surface area (Å²) >= 11 is 0. The summed E-state index contributed by atoms with van der Waals surface area (Å²) < 4.78 is 7.57. The molecule has 0 spiro atoms. The van der Waals surface area contributed by atoms with E-state index in [1.807, 2.05) is 90.4 Å². The number of aryl methyl sites for hydroxylation is 1. The van der Waals surface area contributed by atoms with Crippen LogP contribution in [0.25, 0.3) is 16.9 Å². The Kier molecular flexibility index (Phi) is 4.58. The number of anilines is 1. The second kappa shape index (κ2) is 7.33. The number of rotatable bonds is 5. The lowest BCUT2D eigenvalue weighted by Crippen LogP contribution is -2.20. The number of fused-ring (bicyclic) bond motifs is 1. The molecule has 0 aliphatic carbocycles. The zero-order valence-electron chi connectivity index (χ0n) is 14.9. The number of nitrogens with one attached hydrogen (secondary N) is 1. The minimum absolute atomic E-state index is 0.0382. The minimum Gasteiger partial charge on any atom is -0.483 e. The summed E-state index contributed by atoms with van der Waals surface area (Å²) in [5, 5.41) is 2.88. The minimum atomic E-state index is -0.203. The largest absolute Gasteiger partial charge is 0.483 e. The molecule has 0 saturated carbocycles. The maximum atomic E-state index is 12.2. The molecule has 2 aromatic carbocycles. The fourth-order valence-corrected chi connectivity index (χ4v) is 2.89. The summed E-state index contributed by atoms with van der Waals surface area (Å²) in [5.74, 6) is 0.511. The summed E-state index contributed by atoms with van der Waals surface area (Å²) in [5.41, 5.74) is 4.39. The van der Waals surface area contributed by atoms with Gasteiger partial charge >= 0.3 is 0 Å². The molecule has 0 fully saturated rings. The quantitative estimate of drug-likeness (QED) is 0.578. The highest BCUT2D eigenvalue weighted by molar-refractivity contribution is 5.92. The number of para-hydroxylation sites is 1. The fraction of sp³-hybridized carbons (Fsp3) is 0.0909. The first-order chi connectivity index (χ1) is 13.2. The normalized spacial score (nSPS) is 10.7. The molecular weight excluding hydrogens is 338 g/mol. The highest BCUT2D eigenvalue weighted by atomic mass is 16.5. The lowest BCUT2D eigenvalue weighted by molar-refractivity contribution is -0.118. The molecule has 2 heterocycles. The molecule has 0 atom stereocenters. The first-order valence-electron chi connectivity index (χ1n) is 8.71. The average molecular weight is 357 g/mol. The maximum absolute atomic E-state index is 12.2. The number of amides is 1. The first kappa shape index (κ1) is 16.8. The standard InChI is InChI=1S/C22H19N3O2/c1-16-7-2-3-10-20(16)27-15-22(26)23-18-9-6-8-17(13-18)19-14-25-12-5-4-11-21(25)24-19/h2-14H,15H2,1H3,(H,23,26). The van der Waals surface area contributed by atoms with Crippen molar-refractivity contribution in [3.8, 4) is 17.0 Å². The van der Waals surface area contributed by atoms with Crippen LogP contribution in [0.1, 0.15) is 5.56 Å². The number of pyridine rings is 1. The molecule has 4 rings (SSSR count). The summed E-state index contributed by atoms with van der Waals surface area (Å²) in [6, 6.07) is 21.1. The highest BCUT2D eigenvalue weighted by Crippen LogP contribution is 2.22. The average Bonchev–Trinajstić information content (AvgIpc) is 3.12. The molecule has 2 aromatic heterocycles. The molecule has 27 heavy (non-hydrogen) atoms. The van der Waals surface area contributed by atoms with Crippen LogP contribution in [-0.4, -0.2) is 21.9 Å².